The SMILES string of the molecule is COCc1cc(OC)c(Cl)cc1C1(C(=O)O)CCCCC1. The van der Waals surface area contributed by atoms with E-state index in [1.165, 1.54) is 0 Å². The summed E-state index contributed by atoms with van der Waals surface area (Å²) < 4.78 is 10.5. The summed E-state index contributed by atoms with van der Waals surface area (Å²) in [5, 5.41) is 10.3. The van der Waals surface area contributed by atoms with Gasteiger partial charge in [0.25, 0.3) is 0 Å². The number of methoxy groups -OCH3 is 2. The average molecular weight is 313 g/mol. The molecule has 0 heterocycles. The third-order valence-electron chi connectivity index (χ3n) is 4.31. The van der Waals surface area contributed by atoms with Gasteiger partial charge in [-0.05, 0) is 36.1 Å². The van der Waals surface area contributed by atoms with Gasteiger partial charge in [0.1, 0.15) is 5.75 Å². The Balaban J connectivity index is 2.58. The number of carbonyl (C=O) groups is 1. The zero-order valence-electron chi connectivity index (χ0n) is 12.4. The van der Waals surface area contributed by atoms with Crippen LogP contribution >= 0.6 is 11.6 Å². The molecule has 1 N–H and O–H groups in total. The van der Waals surface area contributed by atoms with Crippen molar-refractivity contribution in [2.24, 2.45) is 0 Å². The first kappa shape index (κ1) is 16.1. The van der Waals surface area contributed by atoms with E-state index in [1.807, 2.05) is 0 Å². The molecule has 0 radical (unpaired) electrons. The molecule has 4 nitrogen and oxygen atoms in total. The van der Waals surface area contributed by atoms with Gasteiger partial charge < -0.3 is 14.6 Å². The van der Waals surface area contributed by atoms with Crippen molar-refractivity contribution in [2.75, 3.05) is 14.2 Å². The predicted molar refractivity (Wildman–Crippen MR) is 81.1 cm³/mol. The molecule has 0 aliphatic heterocycles. The number of carboxylic acids is 1. The average Bonchev–Trinajstić information content (AvgIpc) is 2.49. The summed E-state index contributed by atoms with van der Waals surface area (Å²) in [6.45, 7) is 0.345. The summed E-state index contributed by atoms with van der Waals surface area (Å²) in [6, 6.07) is 3.54. The van der Waals surface area contributed by atoms with Crippen LogP contribution in [0.3, 0.4) is 0 Å². The first-order valence-electron chi connectivity index (χ1n) is 7.14. The Kier molecular flexibility index (Phi) is 5.12. The molecular formula is C16H21ClO4. The quantitative estimate of drug-likeness (QED) is 0.899. The smallest absolute Gasteiger partial charge is 0.314 e. The second-order valence-electron chi connectivity index (χ2n) is 5.52. The minimum absolute atomic E-state index is 0.345. The Morgan fingerprint density at radius 2 is 1.95 bits per heavy atom. The lowest BCUT2D eigenvalue weighted by Gasteiger charge is -2.35. The molecule has 1 aliphatic rings. The topological polar surface area (TPSA) is 55.8 Å². The highest BCUT2D eigenvalue weighted by atomic mass is 35.5. The van der Waals surface area contributed by atoms with Crippen molar-refractivity contribution in [1.82, 2.24) is 0 Å². The van der Waals surface area contributed by atoms with E-state index >= 15 is 0 Å². The summed E-state index contributed by atoms with van der Waals surface area (Å²) in [5.41, 5.74) is 0.743. The largest absolute Gasteiger partial charge is 0.495 e. The molecule has 0 bridgehead atoms. The van der Waals surface area contributed by atoms with Gasteiger partial charge in [-0.2, -0.15) is 0 Å². The first-order valence-corrected chi connectivity index (χ1v) is 7.52. The van der Waals surface area contributed by atoms with Crippen LogP contribution < -0.4 is 4.74 Å². The molecule has 5 heteroatoms. The highest BCUT2D eigenvalue weighted by molar-refractivity contribution is 6.32. The summed E-state index contributed by atoms with van der Waals surface area (Å²) in [5.74, 6) is -0.232. The lowest BCUT2D eigenvalue weighted by molar-refractivity contribution is -0.145. The minimum Gasteiger partial charge on any atom is -0.495 e. The van der Waals surface area contributed by atoms with Gasteiger partial charge in [0.15, 0.2) is 0 Å². The van der Waals surface area contributed by atoms with Crippen molar-refractivity contribution >= 4 is 17.6 Å². The molecule has 1 aromatic carbocycles. The summed E-state index contributed by atoms with van der Waals surface area (Å²) in [4.78, 5) is 12.0. The van der Waals surface area contributed by atoms with Crippen LogP contribution in [0.2, 0.25) is 5.02 Å². The third-order valence-corrected chi connectivity index (χ3v) is 4.60. The van der Waals surface area contributed by atoms with Crippen molar-refractivity contribution in [3.05, 3.63) is 28.3 Å². The number of hydrogen-bond acceptors (Lipinski definition) is 3. The number of carboxylic acid groups (broad SMARTS) is 1. The summed E-state index contributed by atoms with van der Waals surface area (Å²) in [6.07, 6.45) is 4.20. The summed E-state index contributed by atoms with van der Waals surface area (Å²) >= 11 is 6.23. The van der Waals surface area contributed by atoms with E-state index < -0.39 is 11.4 Å². The Labute approximate surface area is 130 Å². The van der Waals surface area contributed by atoms with Crippen molar-refractivity contribution in [3.8, 4) is 5.75 Å². The fourth-order valence-electron chi connectivity index (χ4n) is 3.23. The Hall–Kier alpha value is -1.26. The molecule has 1 fully saturated rings. The standard InChI is InChI=1S/C16H21ClO4/c1-20-10-11-8-14(21-2)13(17)9-12(11)16(15(18)19)6-4-3-5-7-16/h8-9H,3-7,10H2,1-2H3,(H,18,19). The van der Waals surface area contributed by atoms with Crippen LogP contribution in [0.15, 0.2) is 12.1 Å². The number of ether oxygens (including phenoxy) is 2. The number of aliphatic carboxylic acids is 1. The molecule has 0 aromatic heterocycles. The monoisotopic (exact) mass is 312 g/mol. The van der Waals surface area contributed by atoms with E-state index in [1.54, 1.807) is 26.4 Å². The second kappa shape index (κ2) is 6.67. The van der Waals surface area contributed by atoms with Crippen molar-refractivity contribution < 1.29 is 19.4 Å². The van der Waals surface area contributed by atoms with E-state index in [0.29, 0.717) is 30.2 Å². The molecule has 0 saturated heterocycles. The number of halogens is 1. The maximum Gasteiger partial charge on any atom is 0.314 e. The molecule has 1 aliphatic carbocycles. The summed E-state index contributed by atoms with van der Waals surface area (Å²) in [7, 11) is 3.14. The number of hydrogen-bond donors (Lipinski definition) is 1. The van der Waals surface area contributed by atoms with Gasteiger partial charge in [0, 0.05) is 7.11 Å². The number of rotatable bonds is 5. The molecule has 0 unspecified atom stereocenters. The van der Waals surface area contributed by atoms with E-state index in [4.69, 9.17) is 21.1 Å². The van der Waals surface area contributed by atoms with Gasteiger partial charge in [-0.15, -0.1) is 0 Å². The number of benzene rings is 1. The highest BCUT2D eigenvalue weighted by Crippen LogP contribution is 2.44. The van der Waals surface area contributed by atoms with Gasteiger partial charge in [-0.1, -0.05) is 30.9 Å². The first-order chi connectivity index (χ1) is 10.0. The van der Waals surface area contributed by atoms with Gasteiger partial charge in [-0.25, -0.2) is 0 Å². The minimum atomic E-state index is -0.859. The lowest BCUT2D eigenvalue weighted by Crippen LogP contribution is -2.38. The second-order valence-corrected chi connectivity index (χ2v) is 5.93. The predicted octanol–water partition coefficient (Wildman–Crippen LogP) is 3.78. The van der Waals surface area contributed by atoms with Crippen LogP contribution in [0.4, 0.5) is 0 Å². The molecular weight excluding hydrogens is 292 g/mol. The zero-order chi connectivity index (χ0) is 15.5. The molecule has 1 saturated carbocycles. The molecule has 21 heavy (non-hydrogen) atoms. The van der Waals surface area contributed by atoms with Crippen LogP contribution in [0.25, 0.3) is 0 Å². The molecule has 0 atom stereocenters. The van der Waals surface area contributed by atoms with Crippen LogP contribution in [0, 0.1) is 0 Å². The van der Waals surface area contributed by atoms with Crippen LogP contribution in [0.5, 0.6) is 5.75 Å². The third kappa shape index (κ3) is 3.01. The Bertz CT molecular complexity index is 521. The van der Waals surface area contributed by atoms with Crippen LogP contribution in [-0.2, 0) is 21.6 Å². The molecule has 1 aromatic rings. The highest BCUT2D eigenvalue weighted by Gasteiger charge is 2.43. The van der Waals surface area contributed by atoms with E-state index in [-0.39, 0.29) is 0 Å². The maximum absolute atomic E-state index is 12.0. The molecule has 0 amide bonds. The van der Waals surface area contributed by atoms with Gasteiger partial charge >= 0.3 is 5.97 Å². The normalized spacial score (nSPS) is 17.5. The van der Waals surface area contributed by atoms with Crippen molar-refractivity contribution in [1.29, 1.82) is 0 Å². The van der Waals surface area contributed by atoms with Crippen LogP contribution in [0.1, 0.15) is 43.2 Å². The van der Waals surface area contributed by atoms with E-state index in [0.717, 1.165) is 30.4 Å². The van der Waals surface area contributed by atoms with E-state index in [2.05, 4.69) is 0 Å². The molecule has 0 spiro atoms. The van der Waals surface area contributed by atoms with Gasteiger partial charge in [-0.3, -0.25) is 4.79 Å². The van der Waals surface area contributed by atoms with Gasteiger partial charge in [0.2, 0.25) is 0 Å². The van der Waals surface area contributed by atoms with Crippen LogP contribution in [-0.4, -0.2) is 25.3 Å². The fourth-order valence-corrected chi connectivity index (χ4v) is 3.47. The molecule has 2 rings (SSSR count). The van der Waals surface area contributed by atoms with Crippen molar-refractivity contribution in [2.45, 2.75) is 44.1 Å². The van der Waals surface area contributed by atoms with Crippen molar-refractivity contribution in [3.63, 3.8) is 0 Å². The maximum atomic E-state index is 12.0. The molecule has 116 valence electrons. The Morgan fingerprint density at radius 1 is 1.29 bits per heavy atom. The van der Waals surface area contributed by atoms with Gasteiger partial charge in [0.05, 0.1) is 24.2 Å². The lowest BCUT2D eigenvalue weighted by atomic mass is 9.68. The Morgan fingerprint density at radius 3 is 2.48 bits per heavy atom. The zero-order valence-corrected chi connectivity index (χ0v) is 13.2. The van der Waals surface area contributed by atoms with E-state index in [9.17, 15) is 9.90 Å². The fraction of sp³-hybridized carbons (Fsp3) is 0.562.